The predicted molar refractivity (Wildman–Crippen MR) is 92.4 cm³/mol. The Hall–Kier alpha value is -2.97. The molecule has 25 heavy (non-hydrogen) atoms. The van der Waals surface area contributed by atoms with Crippen LogP contribution in [-0.4, -0.2) is 39.7 Å². The highest BCUT2D eigenvalue weighted by Gasteiger charge is 2.17. The Labute approximate surface area is 141 Å². The molecular formula is C17H16N2O6. The lowest BCUT2D eigenvalue weighted by Gasteiger charge is -2.15. The van der Waals surface area contributed by atoms with Gasteiger partial charge in [0.2, 0.25) is 5.88 Å². The SMILES string of the molecule is O=N/C=c1\c(O)cc2c(O)n(CCOCCO)c(=O)c3cccc1c23. The van der Waals surface area contributed by atoms with Gasteiger partial charge in [-0.2, -0.15) is 0 Å². The third-order valence-electron chi connectivity index (χ3n) is 4.03. The van der Waals surface area contributed by atoms with Gasteiger partial charge in [-0.25, -0.2) is 0 Å². The van der Waals surface area contributed by atoms with Crippen LogP contribution in [0.4, 0.5) is 0 Å². The Morgan fingerprint density at radius 3 is 2.64 bits per heavy atom. The van der Waals surface area contributed by atoms with E-state index in [0.29, 0.717) is 16.2 Å². The molecule has 0 aliphatic carbocycles. The average Bonchev–Trinajstić information content (AvgIpc) is 2.61. The summed E-state index contributed by atoms with van der Waals surface area (Å²) in [6.45, 7) is 0.219. The van der Waals surface area contributed by atoms with E-state index < -0.39 is 5.56 Å². The number of aromatic nitrogens is 1. The van der Waals surface area contributed by atoms with Gasteiger partial charge in [0, 0.05) is 21.4 Å². The molecule has 0 aliphatic rings. The second kappa shape index (κ2) is 6.88. The minimum Gasteiger partial charge on any atom is -0.507 e. The normalized spacial score (nSPS) is 12.3. The second-order valence-corrected chi connectivity index (χ2v) is 5.44. The first kappa shape index (κ1) is 16.9. The van der Waals surface area contributed by atoms with Crippen LogP contribution in [-0.2, 0) is 11.3 Å². The van der Waals surface area contributed by atoms with Gasteiger partial charge in [0.25, 0.3) is 5.56 Å². The quantitative estimate of drug-likeness (QED) is 0.449. The van der Waals surface area contributed by atoms with E-state index in [1.807, 2.05) is 0 Å². The van der Waals surface area contributed by atoms with Crippen LogP contribution in [0, 0.1) is 4.91 Å². The molecule has 0 bridgehead atoms. The zero-order valence-electron chi connectivity index (χ0n) is 13.2. The van der Waals surface area contributed by atoms with Crippen LogP contribution in [0.3, 0.4) is 0 Å². The summed E-state index contributed by atoms with van der Waals surface area (Å²) < 4.78 is 6.30. The zero-order chi connectivity index (χ0) is 18.0. The molecule has 8 heteroatoms. The van der Waals surface area contributed by atoms with Gasteiger partial charge in [-0.3, -0.25) is 9.36 Å². The van der Waals surface area contributed by atoms with Gasteiger partial charge in [0.15, 0.2) is 0 Å². The lowest BCUT2D eigenvalue weighted by atomic mass is 10.00. The Bertz CT molecular complexity index is 1060. The summed E-state index contributed by atoms with van der Waals surface area (Å²) in [4.78, 5) is 23.3. The molecule has 0 saturated heterocycles. The van der Waals surface area contributed by atoms with Gasteiger partial charge >= 0.3 is 0 Å². The highest BCUT2D eigenvalue weighted by molar-refractivity contribution is 6.12. The maximum Gasteiger partial charge on any atom is 0.261 e. The highest BCUT2D eigenvalue weighted by Crippen LogP contribution is 2.31. The highest BCUT2D eigenvalue weighted by atomic mass is 16.5. The van der Waals surface area contributed by atoms with Crippen molar-refractivity contribution in [2.75, 3.05) is 19.8 Å². The zero-order valence-corrected chi connectivity index (χ0v) is 13.2. The fourth-order valence-electron chi connectivity index (χ4n) is 2.95. The van der Waals surface area contributed by atoms with Crippen molar-refractivity contribution in [3.05, 3.63) is 44.7 Å². The number of hydrogen-bond acceptors (Lipinski definition) is 7. The molecule has 3 rings (SSSR count). The fraction of sp³-hybridized carbons (Fsp3) is 0.235. The molecule has 0 radical (unpaired) electrons. The van der Waals surface area contributed by atoms with Crippen LogP contribution >= 0.6 is 0 Å². The standard InChI is InChI=1S/C17H16N2O6/c20-5-7-25-6-4-19-16(22)11-3-1-2-10-13(9-18-24)14(21)8-12(15(10)11)17(19)23/h1-3,8-9,20-21,23H,4-7H2/b13-9-. The monoisotopic (exact) mass is 344 g/mol. The summed E-state index contributed by atoms with van der Waals surface area (Å²) in [6, 6.07) is 6.17. The topological polar surface area (TPSA) is 121 Å². The van der Waals surface area contributed by atoms with Gasteiger partial charge in [-0.05, 0) is 22.7 Å². The van der Waals surface area contributed by atoms with E-state index in [2.05, 4.69) is 5.18 Å². The molecule has 0 unspecified atom stereocenters. The number of nitrogens with zero attached hydrogens (tertiary/aromatic N) is 2. The number of phenolic OH excluding ortho intramolecular Hbond substituents is 1. The summed E-state index contributed by atoms with van der Waals surface area (Å²) in [5.74, 6) is -0.529. The number of phenols is 1. The summed E-state index contributed by atoms with van der Waals surface area (Å²) in [6.07, 6.45) is 0.967. The number of aliphatic hydroxyl groups excluding tert-OH is 1. The lowest BCUT2D eigenvalue weighted by molar-refractivity contribution is 0.0856. The molecule has 1 aromatic heterocycles. The van der Waals surface area contributed by atoms with Gasteiger partial charge in [0.1, 0.15) is 5.75 Å². The van der Waals surface area contributed by atoms with Crippen molar-refractivity contribution in [3.63, 3.8) is 0 Å². The Kier molecular flexibility index (Phi) is 4.64. The average molecular weight is 344 g/mol. The van der Waals surface area contributed by atoms with Crippen molar-refractivity contribution in [2.24, 2.45) is 5.18 Å². The van der Waals surface area contributed by atoms with Crippen LogP contribution in [0.25, 0.3) is 27.7 Å². The number of rotatable bonds is 6. The lowest BCUT2D eigenvalue weighted by Crippen LogP contribution is -2.23. The molecule has 1 heterocycles. The molecule has 0 spiro atoms. The largest absolute Gasteiger partial charge is 0.507 e. The van der Waals surface area contributed by atoms with Crippen molar-refractivity contribution in [2.45, 2.75) is 6.54 Å². The van der Waals surface area contributed by atoms with Crippen LogP contribution in [0.15, 0.2) is 34.2 Å². The first-order valence-corrected chi connectivity index (χ1v) is 7.61. The van der Waals surface area contributed by atoms with Gasteiger partial charge in [0.05, 0.1) is 32.6 Å². The van der Waals surface area contributed by atoms with E-state index in [4.69, 9.17) is 9.84 Å². The summed E-state index contributed by atoms with van der Waals surface area (Å²) in [5, 5.41) is 33.8. The number of benzene rings is 2. The Morgan fingerprint density at radius 1 is 1.16 bits per heavy atom. The number of aliphatic hydroxyl groups is 1. The maximum atomic E-state index is 12.7. The van der Waals surface area contributed by atoms with Crippen molar-refractivity contribution < 1.29 is 20.1 Å². The number of nitroso groups, excluding NO2 is 1. The molecule has 2 aromatic carbocycles. The van der Waals surface area contributed by atoms with E-state index in [9.17, 15) is 19.9 Å². The van der Waals surface area contributed by atoms with E-state index in [-0.39, 0.29) is 48.6 Å². The van der Waals surface area contributed by atoms with Crippen molar-refractivity contribution in [1.29, 1.82) is 0 Å². The minimum atomic E-state index is -0.418. The van der Waals surface area contributed by atoms with Crippen LogP contribution in [0.1, 0.15) is 0 Å². The van der Waals surface area contributed by atoms with E-state index in [1.165, 1.54) is 6.07 Å². The second-order valence-electron chi connectivity index (χ2n) is 5.44. The fourth-order valence-corrected chi connectivity index (χ4v) is 2.95. The smallest absolute Gasteiger partial charge is 0.261 e. The van der Waals surface area contributed by atoms with E-state index in [1.54, 1.807) is 18.2 Å². The molecule has 0 aliphatic heterocycles. The number of pyridine rings is 1. The molecule has 0 atom stereocenters. The number of hydrogen-bond donors (Lipinski definition) is 3. The van der Waals surface area contributed by atoms with Gasteiger partial charge < -0.3 is 20.1 Å². The van der Waals surface area contributed by atoms with E-state index >= 15 is 0 Å². The molecule has 0 fully saturated rings. The molecule has 0 amide bonds. The van der Waals surface area contributed by atoms with Crippen LogP contribution in [0.5, 0.6) is 11.6 Å². The Morgan fingerprint density at radius 2 is 1.92 bits per heavy atom. The molecular weight excluding hydrogens is 328 g/mol. The van der Waals surface area contributed by atoms with Crippen molar-refractivity contribution in [1.82, 2.24) is 4.57 Å². The number of ether oxygens (including phenoxy) is 1. The Balaban J connectivity index is 2.31. The van der Waals surface area contributed by atoms with Crippen molar-refractivity contribution >= 4 is 27.7 Å². The summed E-state index contributed by atoms with van der Waals surface area (Å²) in [5.41, 5.74) is -0.418. The molecule has 0 saturated carbocycles. The number of aromatic hydroxyl groups is 2. The molecule has 3 N–H and O–H groups in total. The van der Waals surface area contributed by atoms with Crippen LogP contribution in [0.2, 0.25) is 0 Å². The molecule has 3 aromatic rings. The van der Waals surface area contributed by atoms with E-state index in [0.717, 1.165) is 10.8 Å². The first-order valence-electron chi connectivity index (χ1n) is 7.61. The minimum absolute atomic E-state index is 0.0883. The summed E-state index contributed by atoms with van der Waals surface area (Å²) >= 11 is 0. The van der Waals surface area contributed by atoms with Crippen LogP contribution < -0.4 is 10.8 Å². The van der Waals surface area contributed by atoms with Gasteiger partial charge in [-0.15, -0.1) is 4.91 Å². The predicted octanol–water partition coefficient (Wildman–Crippen LogP) is 0.798. The van der Waals surface area contributed by atoms with Gasteiger partial charge in [-0.1, -0.05) is 12.1 Å². The molecule has 8 nitrogen and oxygen atoms in total. The third kappa shape index (κ3) is 2.81. The molecule has 130 valence electrons. The van der Waals surface area contributed by atoms with Crippen molar-refractivity contribution in [3.8, 4) is 11.6 Å². The summed E-state index contributed by atoms with van der Waals surface area (Å²) in [7, 11) is 0. The maximum absolute atomic E-state index is 12.7. The first-order chi connectivity index (χ1) is 12.1. The third-order valence-corrected chi connectivity index (χ3v) is 4.03.